The standard InChI is InChI=1S/C16H33N3O2/c1-12(2)10-14(19-13-6-8-17-9-7-13)11-18-15(20)21-16(3,4)5/h12-14,17,19H,6-11H2,1-5H3,(H,18,20). The fourth-order valence-corrected chi connectivity index (χ4v) is 2.62. The lowest BCUT2D eigenvalue weighted by atomic mass is 10.00. The van der Waals surface area contributed by atoms with Gasteiger partial charge in [0.15, 0.2) is 0 Å². The zero-order chi connectivity index (χ0) is 15.9. The van der Waals surface area contributed by atoms with E-state index in [1.54, 1.807) is 0 Å². The van der Waals surface area contributed by atoms with Crippen LogP contribution in [0.25, 0.3) is 0 Å². The largest absolute Gasteiger partial charge is 0.444 e. The van der Waals surface area contributed by atoms with Crippen molar-refractivity contribution in [1.29, 1.82) is 0 Å². The molecule has 0 saturated carbocycles. The Labute approximate surface area is 129 Å². The summed E-state index contributed by atoms with van der Waals surface area (Å²) in [4.78, 5) is 11.8. The number of hydrogen-bond acceptors (Lipinski definition) is 4. The van der Waals surface area contributed by atoms with Gasteiger partial charge < -0.3 is 20.7 Å². The Balaban J connectivity index is 2.40. The van der Waals surface area contributed by atoms with Crippen molar-refractivity contribution in [3.05, 3.63) is 0 Å². The topological polar surface area (TPSA) is 62.4 Å². The lowest BCUT2D eigenvalue weighted by Gasteiger charge is -2.30. The molecule has 0 aromatic rings. The molecule has 0 radical (unpaired) electrons. The molecule has 1 aliphatic heterocycles. The number of carbonyl (C=O) groups excluding carboxylic acids is 1. The fraction of sp³-hybridized carbons (Fsp3) is 0.938. The van der Waals surface area contributed by atoms with Gasteiger partial charge in [0.25, 0.3) is 0 Å². The molecule has 0 bridgehead atoms. The monoisotopic (exact) mass is 299 g/mol. The Morgan fingerprint density at radius 3 is 2.43 bits per heavy atom. The molecule has 5 heteroatoms. The number of piperidine rings is 1. The highest BCUT2D eigenvalue weighted by Gasteiger charge is 2.21. The van der Waals surface area contributed by atoms with Crippen molar-refractivity contribution in [3.63, 3.8) is 0 Å². The highest BCUT2D eigenvalue weighted by atomic mass is 16.6. The van der Waals surface area contributed by atoms with E-state index in [1.807, 2.05) is 20.8 Å². The van der Waals surface area contributed by atoms with Gasteiger partial charge in [-0.15, -0.1) is 0 Å². The summed E-state index contributed by atoms with van der Waals surface area (Å²) in [5, 5.41) is 9.97. The van der Waals surface area contributed by atoms with Crippen molar-refractivity contribution < 1.29 is 9.53 Å². The van der Waals surface area contributed by atoms with Crippen molar-refractivity contribution in [2.24, 2.45) is 5.92 Å². The average Bonchev–Trinajstić information content (AvgIpc) is 2.34. The van der Waals surface area contributed by atoms with Crippen LogP contribution in [0.15, 0.2) is 0 Å². The SMILES string of the molecule is CC(C)CC(CNC(=O)OC(C)(C)C)NC1CCNCC1. The van der Waals surface area contributed by atoms with Gasteiger partial charge in [-0.05, 0) is 59.0 Å². The maximum atomic E-state index is 11.8. The third-order valence-corrected chi connectivity index (χ3v) is 3.46. The van der Waals surface area contributed by atoms with Crippen molar-refractivity contribution >= 4 is 6.09 Å². The van der Waals surface area contributed by atoms with E-state index in [-0.39, 0.29) is 6.09 Å². The predicted molar refractivity (Wildman–Crippen MR) is 86.5 cm³/mol. The Hall–Kier alpha value is -0.810. The van der Waals surface area contributed by atoms with Gasteiger partial charge in [0.1, 0.15) is 5.60 Å². The second-order valence-electron chi connectivity index (χ2n) is 7.40. The zero-order valence-electron chi connectivity index (χ0n) is 14.3. The lowest BCUT2D eigenvalue weighted by molar-refractivity contribution is 0.0519. The number of ether oxygens (including phenoxy) is 1. The zero-order valence-corrected chi connectivity index (χ0v) is 14.3. The summed E-state index contributed by atoms with van der Waals surface area (Å²) in [6.45, 7) is 12.8. The Kier molecular flexibility index (Phi) is 7.46. The Morgan fingerprint density at radius 1 is 1.29 bits per heavy atom. The smallest absolute Gasteiger partial charge is 0.407 e. The first-order chi connectivity index (χ1) is 9.76. The Bertz CT molecular complexity index is 307. The van der Waals surface area contributed by atoms with Gasteiger partial charge in [-0.1, -0.05) is 13.8 Å². The summed E-state index contributed by atoms with van der Waals surface area (Å²) in [5.74, 6) is 0.602. The number of nitrogens with one attached hydrogen (secondary N) is 3. The molecular formula is C16H33N3O2. The highest BCUT2D eigenvalue weighted by Crippen LogP contribution is 2.10. The van der Waals surface area contributed by atoms with E-state index in [1.165, 1.54) is 0 Å². The lowest BCUT2D eigenvalue weighted by Crippen LogP contribution is -2.49. The van der Waals surface area contributed by atoms with Crippen LogP contribution in [0.3, 0.4) is 0 Å². The van der Waals surface area contributed by atoms with Crippen LogP contribution in [0.4, 0.5) is 4.79 Å². The molecule has 1 amide bonds. The van der Waals surface area contributed by atoms with E-state index in [0.717, 1.165) is 32.4 Å². The molecular weight excluding hydrogens is 266 g/mol. The molecule has 1 fully saturated rings. The van der Waals surface area contributed by atoms with Crippen molar-refractivity contribution in [1.82, 2.24) is 16.0 Å². The third-order valence-electron chi connectivity index (χ3n) is 3.46. The normalized spacial score (nSPS) is 18.6. The molecule has 0 aromatic heterocycles. The van der Waals surface area contributed by atoms with Crippen LogP contribution in [0, 0.1) is 5.92 Å². The molecule has 1 unspecified atom stereocenters. The number of hydrogen-bond donors (Lipinski definition) is 3. The minimum Gasteiger partial charge on any atom is -0.444 e. The third kappa shape index (κ3) is 8.94. The molecule has 0 aliphatic carbocycles. The molecule has 1 rings (SSSR count). The highest BCUT2D eigenvalue weighted by molar-refractivity contribution is 5.67. The molecule has 21 heavy (non-hydrogen) atoms. The van der Waals surface area contributed by atoms with E-state index >= 15 is 0 Å². The maximum Gasteiger partial charge on any atom is 0.407 e. The van der Waals surface area contributed by atoms with E-state index in [2.05, 4.69) is 29.8 Å². The second-order valence-corrected chi connectivity index (χ2v) is 7.40. The Morgan fingerprint density at radius 2 is 1.90 bits per heavy atom. The molecule has 1 heterocycles. The van der Waals surface area contributed by atoms with Crippen molar-refractivity contribution in [3.8, 4) is 0 Å². The van der Waals surface area contributed by atoms with Crippen molar-refractivity contribution in [2.45, 2.75) is 71.6 Å². The van der Waals surface area contributed by atoms with Gasteiger partial charge in [0, 0.05) is 18.6 Å². The number of amides is 1. The second kappa shape index (κ2) is 8.59. The minimum atomic E-state index is -0.444. The van der Waals surface area contributed by atoms with Gasteiger partial charge in [0.2, 0.25) is 0 Å². The van der Waals surface area contributed by atoms with E-state index in [4.69, 9.17) is 4.74 Å². The van der Waals surface area contributed by atoms with Gasteiger partial charge >= 0.3 is 6.09 Å². The maximum absolute atomic E-state index is 11.8. The van der Waals surface area contributed by atoms with E-state index in [0.29, 0.717) is 24.5 Å². The molecule has 0 aromatic carbocycles. The molecule has 1 atom stereocenters. The van der Waals surface area contributed by atoms with Crippen LogP contribution in [0.2, 0.25) is 0 Å². The average molecular weight is 299 g/mol. The molecule has 124 valence electrons. The van der Waals surface area contributed by atoms with Gasteiger partial charge in [-0.25, -0.2) is 4.79 Å². The molecule has 1 aliphatic rings. The van der Waals surface area contributed by atoms with Crippen LogP contribution < -0.4 is 16.0 Å². The summed E-state index contributed by atoms with van der Waals surface area (Å²) < 4.78 is 5.30. The van der Waals surface area contributed by atoms with Crippen LogP contribution in [0.5, 0.6) is 0 Å². The van der Waals surface area contributed by atoms with Gasteiger partial charge in [-0.2, -0.15) is 0 Å². The fourth-order valence-electron chi connectivity index (χ4n) is 2.62. The van der Waals surface area contributed by atoms with E-state index in [9.17, 15) is 4.79 Å². The minimum absolute atomic E-state index is 0.306. The summed E-state index contributed by atoms with van der Waals surface area (Å²) in [5.41, 5.74) is -0.444. The van der Waals surface area contributed by atoms with Gasteiger partial charge in [0.05, 0.1) is 0 Å². The summed E-state index contributed by atoms with van der Waals surface area (Å²) >= 11 is 0. The van der Waals surface area contributed by atoms with E-state index < -0.39 is 5.60 Å². The summed E-state index contributed by atoms with van der Waals surface area (Å²) in [6, 6.07) is 0.857. The van der Waals surface area contributed by atoms with Crippen LogP contribution >= 0.6 is 0 Å². The molecule has 3 N–H and O–H groups in total. The van der Waals surface area contributed by atoms with Crippen LogP contribution in [-0.2, 0) is 4.74 Å². The summed E-state index contributed by atoms with van der Waals surface area (Å²) in [7, 11) is 0. The predicted octanol–water partition coefficient (Wildman–Crippen LogP) is 2.27. The summed E-state index contributed by atoms with van der Waals surface area (Å²) in [6.07, 6.45) is 3.03. The first-order valence-electron chi connectivity index (χ1n) is 8.20. The number of carbonyl (C=O) groups is 1. The number of alkyl carbamates (subject to hydrolysis) is 1. The van der Waals surface area contributed by atoms with Crippen LogP contribution in [0.1, 0.15) is 53.9 Å². The molecule has 5 nitrogen and oxygen atoms in total. The van der Waals surface area contributed by atoms with Gasteiger partial charge in [-0.3, -0.25) is 0 Å². The molecule has 0 spiro atoms. The molecule has 1 saturated heterocycles. The first kappa shape index (κ1) is 18.2. The first-order valence-corrected chi connectivity index (χ1v) is 8.20. The number of rotatable bonds is 6. The quantitative estimate of drug-likeness (QED) is 0.704. The van der Waals surface area contributed by atoms with Crippen molar-refractivity contribution in [2.75, 3.05) is 19.6 Å². The van der Waals surface area contributed by atoms with Crippen LogP contribution in [-0.4, -0.2) is 43.4 Å².